The molecule has 1 atom stereocenters. The van der Waals surface area contributed by atoms with Crippen LogP contribution in [0.5, 0.6) is 5.75 Å². The Labute approximate surface area is 125 Å². The maximum Gasteiger partial charge on any atom is 0.338 e. The average molecular weight is 294 g/mol. The second-order valence-corrected chi connectivity index (χ2v) is 4.67. The lowest BCUT2D eigenvalue weighted by Gasteiger charge is -2.13. The molecule has 1 rings (SSSR count). The highest BCUT2D eigenvalue weighted by Crippen LogP contribution is 2.14. The average Bonchev–Trinajstić information content (AvgIpc) is 2.43. The number of hydrogen-bond acceptors (Lipinski definition) is 5. The first-order valence-electron chi connectivity index (χ1n) is 7.10. The maximum atomic E-state index is 11.9. The molecule has 0 saturated heterocycles. The molecule has 116 valence electrons. The summed E-state index contributed by atoms with van der Waals surface area (Å²) in [4.78, 5) is 22.7. The fourth-order valence-electron chi connectivity index (χ4n) is 1.75. The van der Waals surface area contributed by atoms with Crippen LogP contribution >= 0.6 is 0 Å². The van der Waals surface area contributed by atoms with Crippen LogP contribution in [0.15, 0.2) is 24.3 Å². The molecule has 0 heterocycles. The van der Waals surface area contributed by atoms with Gasteiger partial charge in [-0.15, -0.1) is 0 Å². The molecule has 0 spiro atoms. The van der Waals surface area contributed by atoms with E-state index < -0.39 is 5.97 Å². The van der Waals surface area contributed by atoms with Crippen LogP contribution in [0.2, 0.25) is 0 Å². The molecule has 21 heavy (non-hydrogen) atoms. The van der Waals surface area contributed by atoms with E-state index in [0.29, 0.717) is 24.5 Å². The number of carbonyl (C=O) groups excluding carboxylic acids is 2. The van der Waals surface area contributed by atoms with Gasteiger partial charge in [-0.2, -0.15) is 0 Å². The minimum absolute atomic E-state index is 0.161. The second-order valence-electron chi connectivity index (χ2n) is 4.67. The largest absolute Gasteiger partial charge is 0.459 e. The standard InChI is InChI=1S/C16H22O5/c1-4-19-11-5-6-12(2)20-16(18)14-7-9-15(10-8-14)21-13(3)17/h7-10,12H,4-6,11H2,1-3H3/t12-/m1/s1. The van der Waals surface area contributed by atoms with E-state index in [1.54, 1.807) is 24.3 Å². The summed E-state index contributed by atoms with van der Waals surface area (Å²) in [5, 5.41) is 0. The van der Waals surface area contributed by atoms with Crippen LogP contribution in [0.4, 0.5) is 0 Å². The summed E-state index contributed by atoms with van der Waals surface area (Å²) in [6, 6.07) is 6.29. The third kappa shape index (κ3) is 6.90. The van der Waals surface area contributed by atoms with Crippen molar-refractivity contribution in [2.45, 2.75) is 39.7 Å². The minimum atomic E-state index is -0.395. The minimum Gasteiger partial charge on any atom is -0.459 e. The van der Waals surface area contributed by atoms with Crippen molar-refractivity contribution in [3.63, 3.8) is 0 Å². The molecule has 5 heteroatoms. The van der Waals surface area contributed by atoms with Crippen molar-refractivity contribution in [3.8, 4) is 5.75 Å². The predicted molar refractivity (Wildman–Crippen MR) is 78.4 cm³/mol. The summed E-state index contributed by atoms with van der Waals surface area (Å²) < 4.78 is 15.5. The van der Waals surface area contributed by atoms with Crippen molar-refractivity contribution in [3.05, 3.63) is 29.8 Å². The van der Waals surface area contributed by atoms with Crippen LogP contribution in [0.25, 0.3) is 0 Å². The van der Waals surface area contributed by atoms with Gasteiger partial charge in [0.25, 0.3) is 0 Å². The van der Waals surface area contributed by atoms with Gasteiger partial charge in [-0.1, -0.05) is 0 Å². The summed E-state index contributed by atoms with van der Waals surface area (Å²) in [7, 11) is 0. The van der Waals surface area contributed by atoms with E-state index in [9.17, 15) is 9.59 Å². The van der Waals surface area contributed by atoms with Crippen molar-refractivity contribution < 1.29 is 23.8 Å². The van der Waals surface area contributed by atoms with Crippen LogP contribution in [-0.4, -0.2) is 31.3 Å². The lowest BCUT2D eigenvalue weighted by atomic mass is 10.2. The van der Waals surface area contributed by atoms with Crippen molar-refractivity contribution in [2.24, 2.45) is 0 Å². The Hall–Kier alpha value is -1.88. The highest BCUT2D eigenvalue weighted by molar-refractivity contribution is 5.89. The molecule has 0 aliphatic rings. The summed E-state index contributed by atoms with van der Waals surface area (Å²) in [6.45, 7) is 6.50. The van der Waals surface area contributed by atoms with Gasteiger partial charge in [-0.25, -0.2) is 4.79 Å². The number of ether oxygens (including phenoxy) is 3. The van der Waals surface area contributed by atoms with Crippen LogP contribution < -0.4 is 4.74 Å². The molecule has 5 nitrogen and oxygen atoms in total. The molecular weight excluding hydrogens is 272 g/mol. The number of carbonyl (C=O) groups is 2. The number of benzene rings is 1. The summed E-state index contributed by atoms with van der Waals surface area (Å²) in [5.41, 5.74) is 0.433. The van der Waals surface area contributed by atoms with E-state index in [1.807, 2.05) is 13.8 Å². The molecular formula is C16H22O5. The van der Waals surface area contributed by atoms with Crippen LogP contribution in [0.3, 0.4) is 0 Å². The Morgan fingerprint density at radius 1 is 1.19 bits per heavy atom. The normalized spacial score (nSPS) is 11.8. The maximum absolute atomic E-state index is 11.9. The fourth-order valence-corrected chi connectivity index (χ4v) is 1.75. The van der Waals surface area contributed by atoms with Crippen LogP contribution in [-0.2, 0) is 14.3 Å². The molecule has 0 saturated carbocycles. The molecule has 0 fully saturated rings. The molecule has 0 radical (unpaired) electrons. The van der Waals surface area contributed by atoms with Gasteiger partial charge in [0.1, 0.15) is 5.75 Å². The van der Waals surface area contributed by atoms with Gasteiger partial charge in [0.05, 0.1) is 11.7 Å². The van der Waals surface area contributed by atoms with E-state index in [2.05, 4.69) is 0 Å². The Kier molecular flexibility index (Phi) is 7.46. The smallest absolute Gasteiger partial charge is 0.338 e. The first-order chi connectivity index (χ1) is 10.0. The molecule has 0 aliphatic carbocycles. The number of rotatable bonds is 8. The number of hydrogen-bond donors (Lipinski definition) is 0. The van der Waals surface area contributed by atoms with E-state index in [4.69, 9.17) is 14.2 Å². The van der Waals surface area contributed by atoms with Gasteiger partial charge < -0.3 is 14.2 Å². The van der Waals surface area contributed by atoms with Crippen molar-refractivity contribution in [1.29, 1.82) is 0 Å². The topological polar surface area (TPSA) is 61.8 Å². The lowest BCUT2D eigenvalue weighted by molar-refractivity contribution is -0.131. The monoisotopic (exact) mass is 294 g/mol. The van der Waals surface area contributed by atoms with Crippen molar-refractivity contribution >= 4 is 11.9 Å². The summed E-state index contributed by atoms with van der Waals surface area (Å²) >= 11 is 0. The molecule has 0 unspecified atom stereocenters. The van der Waals surface area contributed by atoms with E-state index in [1.165, 1.54) is 6.92 Å². The van der Waals surface area contributed by atoms with E-state index in [0.717, 1.165) is 12.8 Å². The third-order valence-electron chi connectivity index (χ3n) is 2.76. The Balaban J connectivity index is 2.42. The molecule has 0 aromatic heterocycles. The molecule has 0 N–H and O–H groups in total. The van der Waals surface area contributed by atoms with Gasteiger partial charge in [0, 0.05) is 20.1 Å². The second kappa shape index (κ2) is 9.13. The van der Waals surface area contributed by atoms with Crippen molar-refractivity contribution in [1.82, 2.24) is 0 Å². The third-order valence-corrected chi connectivity index (χ3v) is 2.76. The van der Waals surface area contributed by atoms with Gasteiger partial charge in [-0.05, 0) is 51.0 Å². The zero-order valence-corrected chi connectivity index (χ0v) is 12.8. The summed E-state index contributed by atoms with van der Waals surface area (Å²) in [6.07, 6.45) is 1.46. The first kappa shape index (κ1) is 17.2. The highest BCUT2D eigenvalue weighted by Gasteiger charge is 2.12. The molecule has 1 aromatic rings. The van der Waals surface area contributed by atoms with Crippen LogP contribution in [0.1, 0.15) is 44.0 Å². The first-order valence-corrected chi connectivity index (χ1v) is 7.10. The van der Waals surface area contributed by atoms with Gasteiger partial charge in [-0.3, -0.25) is 4.79 Å². The zero-order valence-electron chi connectivity index (χ0n) is 12.8. The van der Waals surface area contributed by atoms with Gasteiger partial charge >= 0.3 is 11.9 Å². The Morgan fingerprint density at radius 2 is 1.86 bits per heavy atom. The zero-order chi connectivity index (χ0) is 15.7. The molecule has 0 bridgehead atoms. The molecule has 0 aliphatic heterocycles. The fraction of sp³-hybridized carbons (Fsp3) is 0.500. The lowest BCUT2D eigenvalue weighted by Crippen LogP contribution is -2.15. The van der Waals surface area contributed by atoms with E-state index in [-0.39, 0.29) is 12.1 Å². The van der Waals surface area contributed by atoms with Gasteiger partial charge in [0.15, 0.2) is 0 Å². The van der Waals surface area contributed by atoms with E-state index >= 15 is 0 Å². The summed E-state index contributed by atoms with van der Waals surface area (Å²) in [5.74, 6) is -0.370. The Morgan fingerprint density at radius 3 is 2.43 bits per heavy atom. The quantitative estimate of drug-likeness (QED) is 0.419. The molecule has 0 amide bonds. The number of esters is 2. The highest BCUT2D eigenvalue weighted by atomic mass is 16.5. The van der Waals surface area contributed by atoms with Crippen LogP contribution in [0, 0.1) is 0 Å². The predicted octanol–water partition coefficient (Wildman–Crippen LogP) is 2.97. The molecule has 1 aromatic carbocycles. The Bertz CT molecular complexity index is 452. The van der Waals surface area contributed by atoms with Gasteiger partial charge in [0.2, 0.25) is 0 Å². The van der Waals surface area contributed by atoms with Crippen molar-refractivity contribution in [2.75, 3.05) is 13.2 Å². The SMILES string of the molecule is CCOCCC[C@@H](C)OC(=O)c1ccc(OC(C)=O)cc1.